The van der Waals surface area contributed by atoms with Crippen LogP contribution in [0.2, 0.25) is 0 Å². The van der Waals surface area contributed by atoms with E-state index in [0.717, 1.165) is 31.6 Å². The van der Waals surface area contributed by atoms with E-state index in [1.807, 2.05) is 18.7 Å². The molecule has 6 heteroatoms. The summed E-state index contributed by atoms with van der Waals surface area (Å²) in [6.45, 7) is 1.64. The molecule has 1 atom stereocenters. The van der Waals surface area contributed by atoms with Gasteiger partial charge in [-0.2, -0.15) is 0 Å². The Morgan fingerprint density at radius 2 is 2.26 bits per heavy atom. The topological polar surface area (TPSA) is 63.1 Å². The van der Waals surface area contributed by atoms with Crippen LogP contribution in [0.3, 0.4) is 0 Å². The van der Waals surface area contributed by atoms with Crippen molar-refractivity contribution in [3.05, 3.63) is 12.2 Å². The van der Waals surface area contributed by atoms with E-state index >= 15 is 0 Å². The van der Waals surface area contributed by atoms with Gasteiger partial charge in [-0.3, -0.25) is 9.69 Å². The second-order valence-corrected chi connectivity index (χ2v) is 5.24. The number of hydrogen-bond acceptors (Lipinski definition) is 4. The first kappa shape index (κ1) is 14.0. The van der Waals surface area contributed by atoms with Crippen LogP contribution in [0.15, 0.2) is 6.33 Å². The highest BCUT2D eigenvalue weighted by atomic mass is 16.2. The Morgan fingerprint density at radius 3 is 3.00 bits per heavy atom. The Morgan fingerprint density at radius 1 is 1.42 bits per heavy atom. The molecule has 19 heavy (non-hydrogen) atoms. The van der Waals surface area contributed by atoms with E-state index in [-0.39, 0.29) is 11.9 Å². The van der Waals surface area contributed by atoms with Crippen LogP contribution in [0.5, 0.6) is 0 Å². The summed E-state index contributed by atoms with van der Waals surface area (Å²) in [5, 5.41) is 10.8. The third kappa shape index (κ3) is 3.76. The Kier molecular flexibility index (Phi) is 4.90. The quantitative estimate of drug-likeness (QED) is 0.853. The zero-order valence-electron chi connectivity index (χ0n) is 11.8. The molecular weight excluding hydrogens is 242 g/mol. The zero-order chi connectivity index (χ0) is 13.7. The van der Waals surface area contributed by atoms with Crippen molar-refractivity contribution in [1.82, 2.24) is 25.0 Å². The van der Waals surface area contributed by atoms with Crippen molar-refractivity contribution in [2.24, 2.45) is 7.05 Å². The number of carbonyl (C=O) groups is 1. The molecular formula is C13H23N5O. The van der Waals surface area contributed by atoms with Crippen molar-refractivity contribution in [2.75, 3.05) is 20.1 Å². The molecule has 1 N–H and O–H groups in total. The van der Waals surface area contributed by atoms with Gasteiger partial charge in [0.05, 0.1) is 6.04 Å². The van der Waals surface area contributed by atoms with E-state index in [2.05, 4.69) is 20.4 Å². The van der Waals surface area contributed by atoms with Gasteiger partial charge in [0.1, 0.15) is 12.2 Å². The van der Waals surface area contributed by atoms with E-state index in [1.165, 1.54) is 12.8 Å². The number of aryl methyl sites for hydroxylation is 1. The average molecular weight is 265 g/mol. The summed E-state index contributed by atoms with van der Waals surface area (Å²) in [5.74, 6) is 1.04. The molecule has 0 saturated carbocycles. The van der Waals surface area contributed by atoms with Gasteiger partial charge in [0, 0.05) is 20.0 Å². The summed E-state index contributed by atoms with van der Waals surface area (Å²) in [6.07, 6.45) is 6.93. The highest BCUT2D eigenvalue weighted by Crippen LogP contribution is 2.15. The molecule has 0 aliphatic carbocycles. The van der Waals surface area contributed by atoms with Crippen LogP contribution in [0.1, 0.15) is 31.5 Å². The van der Waals surface area contributed by atoms with Gasteiger partial charge in [-0.25, -0.2) is 0 Å². The van der Waals surface area contributed by atoms with Gasteiger partial charge in [0.25, 0.3) is 0 Å². The number of likely N-dealkylation sites (N-methyl/N-ethyl adjacent to an activating group) is 1. The molecule has 0 bridgehead atoms. The van der Waals surface area contributed by atoms with Gasteiger partial charge < -0.3 is 9.88 Å². The number of carbonyl (C=O) groups excluding carboxylic acids is 1. The van der Waals surface area contributed by atoms with Gasteiger partial charge in [-0.05, 0) is 26.4 Å². The SMILES string of the molecule is CN1CCCCC[C@@H]1C(=O)NCCc1nncn1C. The second kappa shape index (κ2) is 6.65. The first-order chi connectivity index (χ1) is 9.18. The number of amides is 1. The molecule has 6 nitrogen and oxygen atoms in total. The lowest BCUT2D eigenvalue weighted by atomic mass is 10.1. The van der Waals surface area contributed by atoms with Crippen molar-refractivity contribution in [3.8, 4) is 0 Å². The first-order valence-corrected chi connectivity index (χ1v) is 6.99. The highest BCUT2D eigenvalue weighted by Gasteiger charge is 2.24. The second-order valence-electron chi connectivity index (χ2n) is 5.24. The van der Waals surface area contributed by atoms with Gasteiger partial charge in [-0.15, -0.1) is 10.2 Å². The summed E-state index contributed by atoms with van der Waals surface area (Å²) in [7, 11) is 3.95. The first-order valence-electron chi connectivity index (χ1n) is 6.99. The molecule has 0 unspecified atom stereocenters. The zero-order valence-corrected chi connectivity index (χ0v) is 11.8. The molecule has 1 aliphatic heterocycles. The molecule has 1 aromatic rings. The van der Waals surface area contributed by atoms with Crippen LogP contribution in [0.4, 0.5) is 0 Å². The predicted octanol–water partition coefficient (Wildman–Crippen LogP) is 0.348. The van der Waals surface area contributed by atoms with Crippen molar-refractivity contribution >= 4 is 5.91 Å². The largest absolute Gasteiger partial charge is 0.354 e. The van der Waals surface area contributed by atoms with E-state index in [9.17, 15) is 4.79 Å². The molecule has 0 radical (unpaired) electrons. The number of likely N-dealkylation sites (tertiary alicyclic amines) is 1. The Balaban J connectivity index is 1.78. The average Bonchev–Trinajstić information content (AvgIpc) is 2.67. The van der Waals surface area contributed by atoms with Gasteiger partial charge in [0.15, 0.2) is 0 Å². The van der Waals surface area contributed by atoms with Crippen LogP contribution in [0, 0.1) is 0 Å². The van der Waals surface area contributed by atoms with Crippen molar-refractivity contribution in [2.45, 2.75) is 38.1 Å². The van der Waals surface area contributed by atoms with Crippen molar-refractivity contribution < 1.29 is 4.79 Å². The number of rotatable bonds is 4. The molecule has 1 amide bonds. The van der Waals surface area contributed by atoms with Crippen molar-refractivity contribution in [3.63, 3.8) is 0 Å². The summed E-state index contributed by atoms with van der Waals surface area (Å²) in [6, 6.07) is 0.0296. The monoisotopic (exact) mass is 265 g/mol. The van der Waals surface area contributed by atoms with Gasteiger partial charge in [0.2, 0.25) is 5.91 Å². The number of nitrogens with one attached hydrogen (secondary N) is 1. The molecule has 106 valence electrons. The maximum Gasteiger partial charge on any atom is 0.237 e. The Hall–Kier alpha value is -1.43. The van der Waals surface area contributed by atoms with E-state index in [1.54, 1.807) is 6.33 Å². The summed E-state index contributed by atoms with van der Waals surface area (Å²) < 4.78 is 1.88. The molecule has 1 aliphatic rings. The summed E-state index contributed by atoms with van der Waals surface area (Å²) in [5.41, 5.74) is 0. The van der Waals surface area contributed by atoms with Crippen molar-refractivity contribution in [1.29, 1.82) is 0 Å². The minimum absolute atomic E-state index is 0.0296. The standard InChI is InChI=1S/C13H23N5O/c1-17-9-5-3-4-6-11(17)13(19)14-8-7-12-16-15-10-18(12)2/h10-11H,3-9H2,1-2H3,(H,14,19)/t11-/m1/s1. The molecule has 1 fully saturated rings. The normalized spacial score (nSPS) is 21.1. The maximum absolute atomic E-state index is 12.2. The van der Waals surface area contributed by atoms with E-state index in [4.69, 9.17) is 0 Å². The van der Waals surface area contributed by atoms with Crippen LogP contribution in [-0.2, 0) is 18.3 Å². The third-order valence-electron chi connectivity index (χ3n) is 3.78. The number of hydrogen-bond donors (Lipinski definition) is 1. The van der Waals surface area contributed by atoms with Gasteiger partial charge >= 0.3 is 0 Å². The van der Waals surface area contributed by atoms with E-state index in [0.29, 0.717) is 6.54 Å². The third-order valence-corrected chi connectivity index (χ3v) is 3.78. The smallest absolute Gasteiger partial charge is 0.237 e. The summed E-state index contributed by atoms with van der Waals surface area (Å²) >= 11 is 0. The van der Waals surface area contributed by atoms with Crippen LogP contribution < -0.4 is 5.32 Å². The molecule has 0 aromatic carbocycles. The minimum atomic E-state index is 0.0296. The minimum Gasteiger partial charge on any atom is -0.354 e. The van der Waals surface area contributed by atoms with E-state index < -0.39 is 0 Å². The van der Waals surface area contributed by atoms with Gasteiger partial charge in [-0.1, -0.05) is 12.8 Å². The molecule has 1 aromatic heterocycles. The predicted molar refractivity (Wildman–Crippen MR) is 72.6 cm³/mol. The lowest BCUT2D eigenvalue weighted by Gasteiger charge is -2.24. The van der Waals surface area contributed by atoms with Crippen LogP contribution in [0.25, 0.3) is 0 Å². The Labute approximate surface area is 114 Å². The number of aromatic nitrogens is 3. The summed E-state index contributed by atoms with van der Waals surface area (Å²) in [4.78, 5) is 14.4. The molecule has 1 saturated heterocycles. The lowest BCUT2D eigenvalue weighted by Crippen LogP contribution is -2.45. The number of nitrogens with zero attached hydrogens (tertiary/aromatic N) is 4. The fraction of sp³-hybridized carbons (Fsp3) is 0.769. The molecule has 2 heterocycles. The van der Waals surface area contributed by atoms with Crippen LogP contribution in [-0.4, -0.2) is 51.8 Å². The molecule has 2 rings (SSSR count). The Bertz CT molecular complexity index is 417. The molecule has 0 spiro atoms. The maximum atomic E-state index is 12.2. The highest BCUT2D eigenvalue weighted by molar-refractivity contribution is 5.81. The van der Waals surface area contributed by atoms with Crippen LogP contribution >= 0.6 is 0 Å². The fourth-order valence-electron chi connectivity index (χ4n) is 2.53. The lowest BCUT2D eigenvalue weighted by molar-refractivity contribution is -0.126. The fourth-order valence-corrected chi connectivity index (χ4v) is 2.53.